The molecule has 0 aliphatic heterocycles. The third-order valence-electron chi connectivity index (χ3n) is 4.05. The van der Waals surface area contributed by atoms with Crippen LogP contribution in [0.25, 0.3) is 0 Å². The molecule has 154 valence electrons. The summed E-state index contributed by atoms with van der Waals surface area (Å²) in [5.41, 5.74) is 1.50. The van der Waals surface area contributed by atoms with Crippen molar-refractivity contribution in [3.8, 4) is 11.5 Å². The van der Waals surface area contributed by atoms with Gasteiger partial charge in [0.25, 0.3) is 11.8 Å². The first kappa shape index (κ1) is 20.9. The maximum atomic E-state index is 12.9. The van der Waals surface area contributed by atoms with E-state index in [9.17, 15) is 14.0 Å². The molecule has 0 spiro atoms. The summed E-state index contributed by atoms with van der Waals surface area (Å²) < 4.78 is 23.8. The first-order valence-corrected chi connectivity index (χ1v) is 9.36. The standard InChI is InChI=1S/C23H21FN2O4/c1-2-29-21-6-4-3-5-20(21)26-23(28)16-7-13-19(14-8-16)30-15-22(27)25-18-11-9-17(24)10-12-18/h3-14H,2,15H2,1H3,(H,25,27)(H,26,28). The Hall–Kier alpha value is -3.87. The fourth-order valence-electron chi connectivity index (χ4n) is 2.63. The van der Waals surface area contributed by atoms with Gasteiger partial charge in [-0.2, -0.15) is 0 Å². The van der Waals surface area contributed by atoms with Crippen LogP contribution in [-0.2, 0) is 4.79 Å². The Bertz CT molecular complexity index is 1000. The second kappa shape index (κ2) is 10.1. The van der Waals surface area contributed by atoms with Crippen molar-refractivity contribution in [1.82, 2.24) is 0 Å². The Morgan fingerprint density at radius 1 is 0.867 bits per heavy atom. The van der Waals surface area contributed by atoms with E-state index in [0.717, 1.165) is 0 Å². The molecule has 30 heavy (non-hydrogen) atoms. The molecule has 2 amide bonds. The molecule has 0 aliphatic rings. The smallest absolute Gasteiger partial charge is 0.262 e. The molecule has 0 unspecified atom stereocenters. The molecular weight excluding hydrogens is 387 g/mol. The van der Waals surface area contributed by atoms with Crippen molar-refractivity contribution in [2.45, 2.75) is 6.92 Å². The molecule has 3 aromatic rings. The number of hydrogen-bond acceptors (Lipinski definition) is 4. The van der Waals surface area contributed by atoms with Crippen molar-refractivity contribution in [3.05, 3.63) is 84.2 Å². The van der Waals surface area contributed by atoms with E-state index in [2.05, 4.69) is 10.6 Å². The van der Waals surface area contributed by atoms with Crippen molar-refractivity contribution < 1.29 is 23.5 Å². The summed E-state index contributed by atoms with van der Waals surface area (Å²) >= 11 is 0. The molecule has 0 bridgehead atoms. The van der Waals surface area contributed by atoms with Crippen LogP contribution < -0.4 is 20.1 Å². The molecule has 7 heteroatoms. The van der Waals surface area contributed by atoms with Gasteiger partial charge in [-0.1, -0.05) is 12.1 Å². The number of anilines is 2. The number of carbonyl (C=O) groups excluding carboxylic acids is 2. The number of benzene rings is 3. The lowest BCUT2D eigenvalue weighted by Crippen LogP contribution is -2.20. The van der Waals surface area contributed by atoms with E-state index in [-0.39, 0.29) is 24.2 Å². The Kier molecular flexibility index (Phi) is 7.00. The van der Waals surface area contributed by atoms with Gasteiger partial charge in [-0.3, -0.25) is 9.59 Å². The predicted octanol–water partition coefficient (Wildman–Crippen LogP) is 4.49. The van der Waals surface area contributed by atoms with Gasteiger partial charge in [0.15, 0.2) is 6.61 Å². The summed E-state index contributed by atoms with van der Waals surface area (Å²) in [6, 6.07) is 19.0. The molecule has 0 atom stereocenters. The van der Waals surface area contributed by atoms with Gasteiger partial charge in [-0.05, 0) is 67.6 Å². The SMILES string of the molecule is CCOc1ccccc1NC(=O)c1ccc(OCC(=O)Nc2ccc(F)cc2)cc1. The lowest BCUT2D eigenvalue weighted by atomic mass is 10.2. The van der Waals surface area contributed by atoms with Crippen LogP contribution in [0.15, 0.2) is 72.8 Å². The number of para-hydroxylation sites is 2. The third kappa shape index (κ3) is 5.81. The van der Waals surface area contributed by atoms with Crippen molar-refractivity contribution in [1.29, 1.82) is 0 Å². The minimum absolute atomic E-state index is 0.218. The van der Waals surface area contributed by atoms with Gasteiger partial charge in [0.05, 0.1) is 12.3 Å². The van der Waals surface area contributed by atoms with E-state index in [0.29, 0.717) is 35.0 Å². The van der Waals surface area contributed by atoms with Crippen molar-refractivity contribution in [2.75, 3.05) is 23.8 Å². The molecule has 6 nitrogen and oxygen atoms in total. The molecule has 3 aromatic carbocycles. The Labute approximate surface area is 173 Å². The van der Waals surface area contributed by atoms with Crippen molar-refractivity contribution in [3.63, 3.8) is 0 Å². The number of ether oxygens (including phenoxy) is 2. The van der Waals surface area contributed by atoms with Gasteiger partial charge < -0.3 is 20.1 Å². The van der Waals surface area contributed by atoms with Gasteiger partial charge in [-0.15, -0.1) is 0 Å². The highest BCUT2D eigenvalue weighted by Gasteiger charge is 2.10. The van der Waals surface area contributed by atoms with Crippen molar-refractivity contribution >= 4 is 23.2 Å². The van der Waals surface area contributed by atoms with Gasteiger partial charge in [0.1, 0.15) is 17.3 Å². The fourth-order valence-corrected chi connectivity index (χ4v) is 2.63. The normalized spacial score (nSPS) is 10.2. The van der Waals surface area contributed by atoms with Crippen LogP contribution in [0, 0.1) is 5.82 Å². The zero-order valence-corrected chi connectivity index (χ0v) is 16.4. The monoisotopic (exact) mass is 408 g/mol. The number of carbonyl (C=O) groups is 2. The maximum absolute atomic E-state index is 12.9. The minimum atomic E-state index is -0.380. The summed E-state index contributed by atoms with van der Waals surface area (Å²) in [4.78, 5) is 24.4. The van der Waals surface area contributed by atoms with Crippen LogP contribution in [-0.4, -0.2) is 25.0 Å². The molecule has 0 saturated heterocycles. The highest BCUT2D eigenvalue weighted by molar-refractivity contribution is 6.05. The van der Waals surface area contributed by atoms with Crippen LogP contribution in [0.1, 0.15) is 17.3 Å². The van der Waals surface area contributed by atoms with Gasteiger partial charge in [0.2, 0.25) is 0 Å². The number of amides is 2. The highest BCUT2D eigenvalue weighted by Crippen LogP contribution is 2.24. The first-order chi connectivity index (χ1) is 14.5. The maximum Gasteiger partial charge on any atom is 0.262 e. The lowest BCUT2D eigenvalue weighted by molar-refractivity contribution is -0.118. The molecule has 0 radical (unpaired) electrons. The zero-order chi connectivity index (χ0) is 21.3. The first-order valence-electron chi connectivity index (χ1n) is 9.36. The highest BCUT2D eigenvalue weighted by atomic mass is 19.1. The summed E-state index contributed by atoms with van der Waals surface area (Å²) in [5, 5.41) is 5.42. The van der Waals surface area contributed by atoms with E-state index in [1.54, 1.807) is 36.4 Å². The van der Waals surface area contributed by atoms with E-state index >= 15 is 0 Å². The van der Waals surface area contributed by atoms with Gasteiger partial charge in [0, 0.05) is 11.3 Å². The average molecular weight is 408 g/mol. The molecular formula is C23H21FN2O4. The zero-order valence-electron chi connectivity index (χ0n) is 16.4. The Morgan fingerprint density at radius 3 is 2.27 bits per heavy atom. The molecule has 0 aromatic heterocycles. The van der Waals surface area contributed by atoms with E-state index in [4.69, 9.17) is 9.47 Å². The van der Waals surface area contributed by atoms with Crippen molar-refractivity contribution in [2.24, 2.45) is 0 Å². The topological polar surface area (TPSA) is 76.7 Å². The fraction of sp³-hybridized carbons (Fsp3) is 0.130. The molecule has 0 fully saturated rings. The van der Waals surface area contributed by atoms with Crippen LogP contribution in [0.4, 0.5) is 15.8 Å². The number of nitrogens with one attached hydrogen (secondary N) is 2. The largest absolute Gasteiger partial charge is 0.492 e. The molecule has 0 saturated carbocycles. The summed E-state index contributed by atoms with van der Waals surface area (Å²) in [6.45, 7) is 2.15. The number of rotatable bonds is 8. The minimum Gasteiger partial charge on any atom is -0.492 e. The lowest BCUT2D eigenvalue weighted by Gasteiger charge is -2.11. The summed E-state index contributed by atoms with van der Waals surface area (Å²) in [5.74, 6) is -0.00976. The average Bonchev–Trinajstić information content (AvgIpc) is 2.76. The van der Waals surface area contributed by atoms with E-state index in [1.165, 1.54) is 24.3 Å². The quantitative estimate of drug-likeness (QED) is 0.576. The third-order valence-corrected chi connectivity index (χ3v) is 4.05. The summed E-state index contributed by atoms with van der Waals surface area (Å²) in [7, 11) is 0. The van der Waals surface area contributed by atoms with Crippen LogP contribution in [0.2, 0.25) is 0 Å². The predicted molar refractivity (Wildman–Crippen MR) is 113 cm³/mol. The second-order valence-corrected chi connectivity index (χ2v) is 6.25. The number of hydrogen-bond donors (Lipinski definition) is 2. The van der Waals surface area contributed by atoms with E-state index < -0.39 is 0 Å². The van der Waals surface area contributed by atoms with Crippen LogP contribution >= 0.6 is 0 Å². The Balaban J connectivity index is 1.53. The second-order valence-electron chi connectivity index (χ2n) is 6.25. The van der Waals surface area contributed by atoms with Gasteiger partial charge in [-0.25, -0.2) is 4.39 Å². The summed E-state index contributed by atoms with van der Waals surface area (Å²) in [6.07, 6.45) is 0. The van der Waals surface area contributed by atoms with Gasteiger partial charge >= 0.3 is 0 Å². The molecule has 0 heterocycles. The molecule has 0 aliphatic carbocycles. The van der Waals surface area contributed by atoms with Crippen LogP contribution in [0.3, 0.4) is 0 Å². The molecule has 2 N–H and O–H groups in total. The van der Waals surface area contributed by atoms with Crippen LogP contribution in [0.5, 0.6) is 11.5 Å². The molecule has 3 rings (SSSR count). The Morgan fingerprint density at radius 2 is 1.57 bits per heavy atom. The van der Waals surface area contributed by atoms with E-state index in [1.807, 2.05) is 19.1 Å². The number of halogens is 1.